The Hall–Kier alpha value is -1.07. The molecular formula is C16H25BrN2O2. The number of nitrogens with two attached hydrogens (primary N) is 1. The lowest BCUT2D eigenvalue weighted by Crippen LogP contribution is -2.37. The third kappa shape index (κ3) is 5.67. The number of aryl methyl sites for hydroxylation is 1. The largest absolute Gasteiger partial charge is 0.480 e. The van der Waals surface area contributed by atoms with Crippen molar-refractivity contribution in [1.82, 2.24) is 5.32 Å². The van der Waals surface area contributed by atoms with E-state index in [9.17, 15) is 4.79 Å². The number of nitrogens with one attached hydrogen (secondary N) is 1. The van der Waals surface area contributed by atoms with E-state index in [-0.39, 0.29) is 5.91 Å². The van der Waals surface area contributed by atoms with Crippen molar-refractivity contribution < 1.29 is 9.53 Å². The Labute approximate surface area is 135 Å². The number of carbonyl (C=O) groups is 1. The van der Waals surface area contributed by atoms with Gasteiger partial charge >= 0.3 is 0 Å². The Kier molecular flexibility index (Phi) is 7.18. The summed E-state index contributed by atoms with van der Waals surface area (Å²) in [6, 6.07) is 3.88. The molecule has 3 N–H and O–H groups in total. The van der Waals surface area contributed by atoms with Crippen molar-refractivity contribution in [3.05, 3.63) is 27.7 Å². The van der Waals surface area contributed by atoms with Crippen LogP contribution < -0.4 is 15.8 Å². The number of benzene rings is 1. The molecule has 0 radical (unpaired) electrons. The van der Waals surface area contributed by atoms with E-state index < -0.39 is 6.10 Å². The van der Waals surface area contributed by atoms with E-state index in [0.717, 1.165) is 22.0 Å². The SMILES string of the molecule is Cc1cc(Br)cc(CN)c1OC(C)C(=O)NCCC(C)C. The first-order chi connectivity index (χ1) is 9.85. The highest BCUT2D eigenvalue weighted by atomic mass is 79.9. The van der Waals surface area contributed by atoms with Gasteiger partial charge in [-0.25, -0.2) is 0 Å². The molecule has 0 aliphatic heterocycles. The van der Waals surface area contributed by atoms with Crippen LogP contribution in [0.1, 0.15) is 38.3 Å². The van der Waals surface area contributed by atoms with Crippen LogP contribution in [0.2, 0.25) is 0 Å². The van der Waals surface area contributed by atoms with E-state index in [1.807, 2.05) is 19.1 Å². The van der Waals surface area contributed by atoms with Gasteiger partial charge in [0.1, 0.15) is 5.75 Å². The van der Waals surface area contributed by atoms with Gasteiger partial charge in [0.25, 0.3) is 5.91 Å². The van der Waals surface area contributed by atoms with Crippen LogP contribution in [0.15, 0.2) is 16.6 Å². The molecule has 1 rings (SSSR count). The van der Waals surface area contributed by atoms with Gasteiger partial charge in [-0.2, -0.15) is 0 Å². The molecule has 1 aromatic rings. The monoisotopic (exact) mass is 356 g/mol. The maximum absolute atomic E-state index is 12.0. The maximum Gasteiger partial charge on any atom is 0.260 e. The number of hydrogen-bond donors (Lipinski definition) is 2. The summed E-state index contributed by atoms with van der Waals surface area (Å²) in [7, 11) is 0. The Morgan fingerprint density at radius 3 is 2.62 bits per heavy atom. The minimum Gasteiger partial charge on any atom is -0.480 e. The van der Waals surface area contributed by atoms with Crippen LogP contribution in [-0.2, 0) is 11.3 Å². The maximum atomic E-state index is 12.0. The van der Waals surface area contributed by atoms with Gasteiger partial charge in [-0.1, -0.05) is 29.8 Å². The predicted molar refractivity (Wildman–Crippen MR) is 89.3 cm³/mol. The van der Waals surface area contributed by atoms with E-state index in [4.69, 9.17) is 10.5 Å². The van der Waals surface area contributed by atoms with E-state index in [0.29, 0.717) is 24.8 Å². The fourth-order valence-electron chi connectivity index (χ4n) is 1.98. The molecule has 5 heteroatoms. The quantitative estimate of drug-likeness (QED) is 0.788. The Bertz CT molecular complexity index is 489. The van der Waals surface area contributed by atoms with Crippen LogP contribution in [0.3, 0.4) is 0 Å². The van der Waals surface area contributed by atoms with Gasteiger partial charge in [0.05, 0.1) is 0 Å². The van der Waals surface area contributed by atoms with Crippen molar-refractivity contribution in [1.29, 1.82) is 0 Å². The third-order valence-electron chi connectivity index (χ3n) is 3.22. The van der Waals surface area contributed by atoms with Gasteiger partial charge in [-0.05, 0) is 43.9 Å². The molecule has 1 atom stereocenters. The summed E-state index contributed by atoms with van der Waals surface area (Å²) in [4.78, 5) is 12.0. The molecule has 4 nitrogen and oxygen atoms in total. The lowest BCUT2D eigenvalue weighted by Gasteiger charge is -2.19. The molecule has 118 valence electrons. The first-order valence-corrected chi connectivity index (χ1v) is 8.07. The number of halogens is 1. The molecule has 0 saturated heterocycles. The number of rotatable bonds is 7. The van der Waals surface area contributed by atoms with Crippen molar-refractivity contribution in [3.8, 4) is 5.75 Å². The molecule has 21 heavy (non-hydrogen) atoms. The normalized spacial score (nSPS) is 12.3. The number of hydrogen-bond acceptors (Lipinski definition) is 3. The molecule has 0 bridgehead atoms. The van der Waals surface area contributed by atoms with Crippen molar-refractivity contribution in [3.63, 3.8) is 0 Å². The lowest BCUT2D eigenvalue weighted by molar-refractivity contribution is -0.127. The summed E-state index contributed by atoms with van der Waals surface area (Å²) in [6.07, 6.45) is 0.423. The van der Waals surface area contributed by atoms with Crippen LogP contribution in [0.4, 0.5) is 0 Å². The van der Waals surface area contributed by atoms with Gasteiger partial charge in [0.15, 0.2) is 6.10 Å². The molecule has 0 heterocycles. The van der Waals surface area contributed by atoms with E-state index in [1.54, 1.807) is 6.92 Å². The first-order valence-electron chi connectivity index (χ1n) is 7.28. The van der Waals surface area contributed by atoms with E-state index in [2.05, 4.69) is 35.1 Å². The highest BCUT2D eigenvalue weighted by Gasteiger charge is 2.17. The molecule has 0 saturated carbocycles. The lowest BCUT2D eigenvalue weighted by atomic mass is 10.1. The smallest absolute Gasteiger partial charge is 0.260 e. The molecule has 0 aromatic heterocycles. The highest BCUT2D eigenvalue weighted by molar-refractivity contribution is 9.10. The van der Waals surface area contributed by atoms with Crippen molar-refractivity contribution >= 4 is 21.8 Å². The molecule has 0 fully saturated rings. The van der Waals surface area contributed by atoms with E-state index >= 15 is 0 Å². The van der Waals surface area contributed by atoms with Crippen LogP contribution in [-0.4, -0.2) is 18.6 Å². The average Bonchev–Trinajstić information content (AvgIpc) is 2.40. The summed E-state index contributed by atoms with van der Waals surface area (Å²) in [5, 5.41) is 2.90. The van der Waals surface area contributed by atoms with Crippen molar-refractivity contribution in [2.75, 3.05) is 6.54 Å². The molecule has 1 aromatic carbocycles. The van der Waals surface area contributed by atoms with Crippen LogP contribution >= 0.6 is 15.9 Å². The van der Waals surface area contributed by atoms with Crippen LogP contribution in [0.25, 0.3) is 0 Å². The standard InChI is InChI=1S/C16H25BrN2O2/c1-10(2)5-6-19-16(20)12(4)21-15-11(3)7-14(17)8-13(15)9-18/h7-8,10,12H,5-6,9,18H2,1-4H3,(H,19,20). The summed E-state index contributed by atoms with van der Waals surface area (Å²) in [5.41, 5.74) is 7.61. The first kappa shape index (κ1) is 18.0. The summed E-state index contributed by atoms with van der Waals surface area (Å²) >= 11 is 3.44. The van der Waals surface area contributed by atoms with E-state index in [1.165, 1.54) is 0 Å². The van der Waals surface area contributed by atoms with Gasteiger partial charge in [0, 0.05) is 23.1 Å². The number of carbonyl (C=O) groups excluding carboxylic acids is 1. The average molecular weight is 357 g/mol. The molecular weight excluding hydrogens is 332 g/mol. The van der Waals surface area contributed by atoms with Gasteiger partial charge < -0.3 is 15.8 Å². The van der Waals surface area contributed by atoms with Gasteiger partial charge in [-0.15, -0.1) is 0 Å². The second-order valence-corrected chi connectivity index (χ2v) is 6.56. The van der Waals surface area contributed by atoms with Crippen LogP contribution in [0, 0.1) is 12.8 Å². The Morgan fingerprint density at radius 2 is 2.05 bits per heavy atom. The molecule has 1 amide bonds. The van der Waals surface area contributed by atoms with Gasteiger partial charge in [-0.3, -0.25) is 4.79 Å². The number of ether oxygens (including phenoxy) is 1. The van der Waals surface area contributed by atoms with Gasteiger partial charge in [0.2, 0.25) is 0 Å². The minimum atomic E-state index is -0.540. The Morgan fingerprint density at radius 1 is 1.38 bits per heavy atom. The third-order valence-corrected chi connectivity index (χ3v) is 3.68. The fraction of sp³-hybridized carbons (Fsp3) is 0.562. The highest BCUT2D eigenvalue weighted by Crippen LogP contribution is 2.28. The second-order valence-electron chi connectivity index (χ2n) is 5.65. The zero-order valence-electron chi connectivity index (χ0n) is 13.2. The van der Waals surface area contributed by atoms with Crippen molar-refractivity contribution in [2.45, 2.75) is 46.8 Å². The minimum absolute atomic E-state index is 0.0964. The summed E-state index contributed by atoms with van der Waals surface area (Å²) < 4.78 is 6.79. The summed E-state index contributed by atoms with van der Waals surface area (Å²) in [6.45, 7) is 9.01. The van der Waals surface area contributed by atoms with Crippen LogP contribution in [0.5, 0.6) is 5.75 Å². The molecule has 0 spiro atoms. The topological polar surface area (TPSA) is 64.3 Å². The fourth-order valence-corrected chi connectivity index (χ4v) is 2.60. The molecule has 0 aliphatic rings. The zero-order chi connectivity index (χ0) is 16.0. The second kappa shape index (κ2) is 8.39. The molecule has 1 unspecified atom stereocenters. The molecule has 0 aliphatic carbocycles. The predicted octanol–water partition coefficient (Wildman–Crippen LogP) is 3.15. The zero-order valence-corrected chi connectivity index (χ0v) is 14.8. The van der Waals surface area contributed by atoms with Crippen molar-refractivity contribution in [2.24, 2.45) is 11.7 Å². The Balaban J connectivity index is 2.70. The summed E-state index contributed by atoms with van der Waals surface area (Å²) in [5.74, 6) is 1.17. The number of amides is 1.